The minimum atomic E-state index is 0.756. The Morgan fingerprint density at radius 3 is 2.71 bits per heavy atom. The first kappa shape index (κ1) is 14.5. The second-order valence-electron chi connectivity index (χ2n) is 5.57. The van der Waals surface area contributed by atoms with E-state index in [-0.39, 0.29) is 0 Å². The highest BCUT2D eigenvalue weighted by Crippen LogP contribution is 2.15. The van der Waals surface area contributed by atoms with E-state index in [2.05, 4.69) is 30.3 Å². The molecule has 2 fully saturated rings. The molecule has 7 nitrogen and oxygen atoms in total. The van der Waals surface area contributed by atoms with Gasteiger partial charge >= 0.3 is 0 Å². The Kier molecular flexibility index (Phi) is 5.18. The summed E-state index contributed by atoms with van der Waals surface area (Å²) in [5.41, 5.74) is 0. The van der Waals surface area contributed by atoms with Gasteiger partial charge in [0.25, 0.3) is 0 Å². The van der Waals surface area contributed by atoms with E-state index < -0.39 is 0 Å². The molecule has 0 atom stereocenters. The van der Waals surface area contributed by atoms with Crippen molar-refractivity contribution in [2.45, 2.75) is 19.3 Å². The van der Waals surface area contributed by atoms with E-state index in [1.54, 1.807) is 6.20 Å². The molecule has 7 heteroatoms. The topological polar surface area (TPSA) is 66.4 Å². The summed E-state index contributed by atoms with van der Waals surface area (Å²) in [6, 6.07) is 0. The van der Waals surface area contributed by atoms with Crippen LogP contribution in [0.5, 0.6) is 0 Å². The van der Waals surface area contributed by atoms with Crippen molar-refractivity contribution in [1.82, 2.24) is 20.1 Å². The van der Waals surface area contributed by atoms with E-state index in [1.165, 1.54) is 19.3 Å². The molecule has 116 valence electrons. The lowest BCUT2D eigenvalue weighted by Gasteiger charge is -2.27. The normalized spacial score (nSPS) is 20.5. The SMILES string of the molecule is c1nnc(N2CCCCC2)nc1NCCN1CCOCC1. The molecule has 1 aromatic rings. The molecule has 1 N–H and O–H groups in total. The molecule has 0 aromatic carbocycles. The molecule has 0 bridgehead atoms. The minimum absolute atomic E-state index is 0.756. The third-order valence-corrected chi connectivity index (χ3v) is 4.02. The molecule has 0 unspecified atom stereocenters. The summed E-state index contributed by atoms with van der Waals surface area (Å²) in [7, 11) is 0. The summed E-state index contributed by atoms with van der Waals surface area (Å²) in [5, 5.41) is 11.6. The van der Waals surface area contributed by atoms with Gasteiger partial charge in [-0.1, -0.05) is 0 Å². The number of rotatable bonds is 5. The Hall–Kier alpha value is -1.47. The van der Waals surface area contributed by atoms with Gasteiger partial charge in [-0.15, -0.1) is 5.10 Å². The Labute approximate surface area is 125 Å². The van der Waals surface area contributed by atoms with Crippen LogP contribution in [-0.4, -0.2) is 72.6 Å². The predicted molar refractivity (Wildman–Crippen MR) is 81.6 cm³/mol. The number of nitrogens with one attached hydrogen (secondary N) is 1. The zero-order valence-corrected chi connectivity index (χ0v) is 12.5. The smallest absolute Gasteiger partial charge is 0.247 e. The molecule has 1 aromatic heterocycles. The Balaban J connectivity index is 1.48. The fourth-order valence-electron chi connectivity index (χ4n) is 2.77. The van der Waals surface area contributed by atoms with E-state index in [0.717, 1.165) is 64.2 Å². The van der Waals surface area contributed by atoms with Crippen molar-refractivity contribution in [3.8, 4) is 0 Å². The predicted octanol–water partition coefficient (Wildman–Crippen LogP) is 0.606. The van der Waals surface area contributed by atoms with Crippen LogP contribution in [0.15, 0.2) is 6.20 Å². The van der Waals surface area contributed by atoms with Gasteiger partial charge in [-0.05, 0) is 19.3 Å². The molecule has 0 aliphatic carbocycles. The fourth-order valence-corrected chi connectivity index (χ4v) is 2.77. The quantitative estimate of drug-likeness (QED) is 0.852. The van der Waals surface area contributed by atoms with Crippen LogP contribution >= 0.6 is 0 Å². The highest BCUT2D eigenvalue weighted by Gasteiger charge is 2.14. The van der Waals surface area contributed by atoms with E-state index in [0.29, 0.717) is 0 Å². The van der Waals surface area contributed by atoms with Gasteiger partial charge in [-0.2, -0.15) is 10.1 Å². The standard InChI is InChI=1S/C14H24N6O/c1-2-5-20(6-3-1)14-17-13(12-16-18-14)15-4-7-19-8-10-21-11-9-19/h12H,1-11H2,(H,15,17,18). The van der Waals surface area contributed by atoms with Crippen LogP contribution in [-0.2, 0) is 4.74 Å². The number of hydrogen-bond acceptors (Lipinski definition) is 7. The van der Waals surface area contributed by atoms with Crippen molar-refractivity contribution >= 4 is 11.8 Å². The molecule has 0 radical (unpaired) electrons. The van der Waals surface area contributed by atoms with Crippen molar-refractivity contribution in [2.75, 3.05) is 62.7 Å². The zero-order chi connectivity index (χ0) is 14.3. The molecule has 0 spiro atoms. The van der Waals surface area contributed by atoms with E-state index >= 15 is 0 Å². The second-order valence-corrected chi connectivity index (χ2v) is 5.57. The molecule has 3 rings (SSSR count). The molecule has 2 aliphatic heterocycles. The lowest BCUT2D eigenvalue weighted by atomic mass is 10.1. The molecule has 0 saturated carbocycles. The Morgan fingerprint density at radius 1 is 1.10 bits per heavy atom. The Bertz CT molecular complexity index is 431. The van der Waals surface area contributed by atoms with Crippen molar-refractivity contribution < 1.29 is 4.74 Å². The number of nitrogens with zero attached hydrogens (tertiary/aromatic N) is 5. The first-order chi connectivity index (χ1) is 10.4. The zero-order valence-electron chi connectivity index (χ0n) is 12.5. The van der Waals surface area contributed by atoms with Crippen molar-refractivity contribution in [3.05, 3.63) is 6.20 Å². The monoisotopic (exact) mass is 292 g/mol. The maximum absolute atomic E-state index is 5.35. The van der Waals surface area contributed by atoms with Crippen LogP contribution in [0.1, 0.15) is 19.3 Å². The summed E-state index contributed by atoms with van der Waals surface area (Å²) >= 11 is 0. The maximum atomic E-state index is 5.35. The lowest BCUT2D eigenvalue weighted by molar-refractivity contribution is 0.0398. The van der Waals surface area contributed by atoms with Gasteiger partial charge in [0, 0.05) is 39.3 Å². The van der Waals surface area contributed by atoms with Crippen LogP contribution in [0.2, 0.25) is 0 Å². The molecule has 2 saturated heterocycles. The number of morpholine rings is 1. The van der Waals surface area contributed by atoms with Gasteiger partial charge in [0.1, 0.15) is 0 Å². The summed E-state index contributed by atoms with van der Waals surface area (Å²) in [6.07, 6.45) is 5.45. The number of ether oxygens (including phenoxy) is 1. The summed E-state index contributed by atoms with van der Waals surface area (Å²) in [4.78, 5) is 9.20. The summed E-state index contributed by atoms with van der Waals surface area (Å²) < 4.78 is 5.35. The number of hydrogen-bond donors (Lipinski definition) is 1. The first-order valence-electron chi connectivity index (χ1n) is 7.90. The molecule has 0 amide bonds. The number of anilines is 2. The van der Waals surface area contributed by atoms with Crippen LogP contribution < -0.4 is 10.2 Å². The fraction of sp³-hybridized carbons (Fsp3) is 0.786. The Morgan fingerprint density at radius 2 is 1.90 bits per heavy atom. The van der Waals surface area contributed by atoms with E-state index in [4.69, 9.17) is 4.74 Å². The highest BCUT2D eigenvalue weighted by molar-refractivity contribution is 5.39. The van der Waals surface area contributed by atoms with Gasteiger partial charge in [-0.3, -0.25) is 4.90 Å². The highest BCUT2D eigenvalue weighted by atomic mass is 16.5. The van der Waals surface area contributed by atoms with Crippen molar-refractivity contribution in [2.24, 2.45) is 0 Å². The summed E-state index contributed by atoms with van der Waals surface area (Å²) in [5.74, 6) is 1.57. The molecule has 2 aliphatic rings. The average molecular weight is 292 g/mol. The van der Waals surface area contributed by atoms with Gasteiger partial charge in [-0.25, -0.2) is 0 Å². The number of aromatic nitrogens is 3. The molecular weight excluding hydrogens is 268 g/mol. The second kappa shape index (κ2) is 7.51. The molecule has 3 heterocycles. The van der Waals surface area contributed by atoms with Crippen LogP contribution in [0.4, 0.5) is 11.8 Å². The molecule has 21 heavy (non-hydrogen) atoms. The van der Waals surface area contributed by atoms with Gasteiger partial charge < -0.3 is 15.0 Å². The lowest BCUT2D eigenvalue weighted by Crippen LogP contribution is -2.39. The van der Waals surface area contributed by atoms with Gasteiger partial charge in [0.15, 0.2) is 5.82 Å². The van der Waals surface area contributed by atoms with Gasteiger partial charge in [0.2, 0.25) is 5.95 Å². The average Bonchev–Trinajstić information content (AvgIpc) is 2.57. The maximum Gasteiger partial charge on any atom is 0.247 e. The summed E-state index contributed by atoms with van der Waals surface area (Å²) in [6.45, 7) is 7.68. The van der Waals surface area contributed by atoms with Crippen LogP contribution in [0.3, 0.4) is 0 Å². The van der Waals surface area contributed by atoms with Crippen LogP contribution in [0, 0.1) is 0 Å². The number of piperidine rings is 1. The van der Waals surface area contributed by atoms with Crippen molar-refractivity contribution in [1.29, 1.82) is 0 Å². The molecular formula is C14H24N6O. The first-order valence-corrected chi connectivity index (χ1v) is 7.90. The third kappa shape index (κ3) is 4.25. The largest absolute Gasteiger partial charge is 0.379 e. The van der Waals surface area contributed by atoms with Crippen LogP contribution in [0.25, 0.3) is 0 Å². The van der Waals surface area contributed by atoms with Gasteiger partial charge in [0.05, 0.1) is 19.4 Å². The van der Waals surface area contributed by atoms with E-state index in [9.17, 15) is 0 Å². The van der Waals surface area contributed by atoms with E-state index in [1.807, 2.05) is 0 Å². The third-order valence-electron chi connectivity index (χ3n) is 4.02. The minimum Gasteiger partial charge on any atom is -0.379 e. The van der Waals surface area contributed by atoms with Crippen molar-refractivity contribution in [3.63, 3.8) is 0 Å².